The standard InChI is InChI=1S/C17H22N4S/c1-5-21-16(13-10-11(2)20(4)12(13)3)15(19-17(21)22)14-8-6-7-9-18-14/h6-10,15-16H,5H2,1-4H3,(H,19,22)/t15-,16-/m1/s1. The number of pyridine rings is 1. The van der Waals surface area contributed by atoms with Crippen LogP contribution >= 0.6 is 12.2 Å². The van der Waals surface area contributed by atoms with Gasteiger partial charge in [0.2, 0.25) is 0 Å². The Morgan fingerprint density at radius 3 is 2.64 bits per heavy atom. The van der Waals surface area contributed by atoms with Crippen LogP contribution in [-0.2, 0) is 7.05 Å². The second-order valence-corrected chi connectivity index (χ2v) is 6.18. The number of aryl methyl sites for hydroxylation is 1. The summed E-state index contributed by atoms with van der Waals surface area (Å²) in [6.07, 6.45) is 1.84. The summed E-state index contributed by atoms with van der Waals surface area (Å²) in [5.41, 5.74) is 4.91. The fourth-order valence-electron chi connectivity index (χ4n) is 3.27. The van der Waals surface area contributed by atoms with Gasteiger partial charge in [-0.05, 0) is 56.8 Å². The van der Waals surface area contributed by atoms with E-state index < -0.39 is 0 Å². The van der Waals surface area contributed by atoms with Gasteiger partial charge in [-0.1, -0.05) is 6.07 Å². The summed E-state index contributed by atoms with van der Waals surface area (Å²) in [7, 11) is 2.11. The summed E-state index contributed by atoms with van der Waals surface area (Å²) in [5.74, 6) is 0. The van der Waals surface area contributed by atoms with Crippen molar-refractivity contribution >= 4 is 17.3 Å². The Labute approximate surface area is 137 Å². The molecule has 2 aromatic heterocycles. The predicted octanol–water partition coefficient (Wildman–Crippen LogP) is 3.03. The Morgan fingerprint density at radius 2 is 2.09 bits per heavy atom. The Bertz CT molecular complexity index is 692. The van der Waals surface area contributed by atoms with Gasteiger partial charge >= 0.3 is 0 Å². The molecule has 22 heavy (non-hydrogen) atoms. The third-order valence-corrected chi connectivity index (χ3v) is 5.02. The Morgan fingerprint density at radius 1 is 1.32 bits per heavy atom. The van der Waals surface area contributed by atoms with Crippen LogP contribution in [0.5, 0.6) is 0 Å². The molecule has 0 spiro atoms. The average molecular weight is 314 g/mol. The van der Waals surface area contributed by atoms with Gasteiger partial charge in [0.25, 0.3) is 0 Å². The van der Waals surface area contributed by atoms with E-state index in [2.05, 4.69) is 59.7 Å². The molecule has 1 aliphatic rings. The average Bonchev–Trinajstić information content (AvgIpc) is 2.99. The van der Waals surface area contributed by atoms with Gasteiger partial charge in [-0.15, -0.1) is 0 Å². The first-order chi connectivity index (χ1) is 10.5. The van der Waals surface area contributed by atoms with Gasteiger partial charge in [-0.3, -0.25) is 4.98 Å². The molecule has 3 heterocycles. The molecule has 0 unspecified atom stereocenters. The number of thiocarbonyl (C=S) groups is 1. The topological polar surface area (TPSA) is 33.1 Å². The summed E-state index contributed by atoms with van der Waals surface area (Å²) < 4.78 is 2.24. The second kappa shape index (κ2) is 5.72. The van der Waals surface area contributed by atoms with Gasteiger partial charge in [-0.25, -0.2) is 0 Å². The minimum Gasteiger partial charge on any atom is -0.352 e. The van der Waals surface area contributed by atoms with Crippen LogP contribution in [0.25, 0.3) is 0 Å². The van der Waals surface area contributed by atoms with Crippen molar-refractivity contribution in [1.29, 1.82) is 0 Å². The molecule has 2 atom stereocenters. The third-order valence-electron chi connectivity index (χ3n) is 4.67. The maximum atomic E-state index is 5.56. The van der Waals surface area contributed by atoms with Gasteiger partial charge in [0.05, 0.1) is 17.8 Å². The molecule has 5 heteroatoms. The Balaban J connectivity index is 2.10. The molecule has 3 rings (SSSR count). The number of rotatable bonds is 3. The molecule has 0 aliphatic carbocycles. The van der Waals surface area contributed by atoms with E-state index in [1.54, 1.807) is 0 Å². The molecule has 1 saturated heterocycles. The number of nitrogens with one attached hydrogen (secondary N) is 1. The molecular weight excluding hydrogens is 292 g/mol. The van der Waals surface area contributed by atoms with E-state index in [-0.39, 0.29) is 12.1 Å². The molecule has 1 N–H and O–H groups in total. The molecule has 1 aliphatic heterocycles. The lowest BCUT2D eigenvalue weighted by Gasteiger charge is -2.26. The fraction of sp³-hybridized carbons (Fsp3) is 0.412. The molecule has 116 valence electrons. The molecule has 4 nitrogen and oxygen atoms in total. The van der Waals surface area contributed by atoms with Crippen LogP contribution in [0.2, 0.25) is 0 Å². The smallest absolute Gasteiger partial charge is 0.170 e. The Kier molecular flexibility index (Phi) is 3.91. The lowest BCUT2D eigenvalue weighted by atomic mass is 9.97. The molecule has 0 saturated carbocycles. The minimum atomic E-state index is 0.0918. The van der Waals surface area contributed by atoms with Gasteiger partial charge in [-0.2, -0.15) is 0 Å². The summed E-state index contributed by atoms with van der Waals surface area (Å²) in [4.78, 5) is 6.80. The van der Waals surface area contributed by atoms with Gasteiger partial charge in [0.1, 0.15) is 0 Å². The molecule has 0 radical (unpaired) electrons. The maximum absolute atomic E-state index is 5.56. The first-order valence-electron chi connectivity index (χ1n) is 7.65. The normalized spacial score (nSPS) is 21.3. The minimum absolute atomic E-state index is 0.0918. The number of nitrogens with zero attached hydrogens (tertiary/aromatic N) is 3. The molecule has 2 aromatic rings. The van der Waals surface area contributed by atoms with E-state index >= 15 is 0 Å². The van der Waals surface area contributed by atoms with E-state index in [9.17, 15) is 0 Å². The molecule has 1 fully saturated rings. The summed E-state index contributed by atoms with van der Waals surface area (Å²) in [6, 6.07) is 8.59. The SMILES string of the molecule is CCN1C(=S)N[C@H](c2ccccn2)[C@H]1c1cc(C)n(C)c1C. The van der Waals surface area contributed by atoms with Crippen molar-refractivity contribution in [3.63, 3.8) is 0 Å². The van der Waals surface area contributed by atoms with Crippen LogP contribution in [0.15, 0.2) is 30.5 Å². The van der Waals surface area contributed by atoms with Crippen LogP contribution in [0.3, 0.4) is 0 Å². The van der Waals surface area contributed by atoms with Gasteiger partial charge < -0.3 is 14.8 Å². The highest BCUT2D eigenvalue weighted by molar-refractivity contribution is 7.80. The quantitative estimate of drug-likeness (QED) is 0.883. The fourth-order valence-corrected chi connectivity index (χ4v) is 3.64. The summed E-state index contributed by atoms with van der Waals surface area (Å²) in [5, 5.41) is 4.27. The lowest BCUT2D eigenvalue weighted by Crippen LogP contribution is -2.29. The predicted molar refractivity (Wildman–Crippen MR) is 92.7 cm³/mol. The van der Waals surface area contributed by atoms with Crippen LogP contribution in [0, 0.1) is 13.8 Å². The van der Waals surface area contributed by atoms with Crippen molar-refractivity contribution in [2.45, 2.75) is 32.9 Å². The molecular formula is C17H22N4S. The number of hydrogen-bond donors (Lipinski definition) is 1. The highest BCUT2D eigenvalue weighted by atomic mass is 32.1. The molecule has 0 bridgehead atoms. The summed E-state index contributed by atoms with van der Waals surface area (Å²) >= 11 is 5.56. The van der Waals surface area contributed by atoms with Crippen LogP contribution in [0.1, 0.15) is 41.7 Å². The zero-order valence-electron chi connectivity index (χ0n) is 13.5. The Hall–Kier alpha value is -1.88. The number of aromatic nitrogens is 2. The van der Waals surface area contributed by atoms with Gasteiger partial charge in [0, 0.05) is 31.2 Å². The summed E-state index contributed by atoms with van der Waals surface area (Å²) in [6.45, 7) is 7.34. The van der Waals surface area contributed by atoms with Crippen molar-refractivity contribution in [3.8, 4) is 0 Å². The van der Waals surface area contributed by atoms with Crippen LogP contribution < -0.4 is 5.32 Å². The molecule has 0 aromatic carbocycles. The van der Waals surface area contributed by atoms with Crippen molar-refractivity contribution in [3.05, 3.63) is 53.1 Å². The van der Waals surface area contributed by atoms with Gasteiger partial charge in [0.15, 0.2) is 5.11 Å². The zero-order valence-corrected chi connectivity index (χ0v) is 14.3. The van der Waals surface area contributed by atoms with Crippen molar-refractivity contribution < 1.29 is 0 Å². The first kappa shape index (κ1) is 15.0. The van der Waals surface area contributed by atoms with Crippen LogP contribution in [0.4, 0.5) is 0 Å². The second-order valence-electron chi connectivity index (χ2n) is 5.80. The van der Waals surface area contributed by atoms with E-state index in [0.717, 1.165) is 17.4 Å². The van der Waals surface area contributed by atoms with E-state index in [1.165, 1.54) is 17.0 Å². The third kappa shape index (κ3) is 2.29. The van der Waals surface area contributed by atoms with E-state index in [4.69, 9.17) is 12.2 Å². The van der Waals surface area contributed by atoms with E-state index in [0.29, 0.717) is 0 Å². The first-order valence-corrected chi connectivity index (χ1v) is 8.06. The highest BCUT2D eigenvalue weighted by Gasteiger charge is 2.40. The van der Waals surface area contributed by atoms with Crippen molar-refractivity contribution in [1.82, 2.24) is 19.8 Å². The number of likely N-dealkylation sites (N-methyl/N-ethyl adjacent to an activating group) is 1. The largest absolute Gasteiger partial charge is 0.352 e. The zero-order chi connectivity index (χ0) is 15.9. The van der Waals surface area contributed by atoms with Crippen molar-refractivity contribution in [2.75, 3.05) is 6.54 Å². The van der Waals surface area contributed by atoms with Crippen molar-refractivity contribution in [2.24, 2.45) is 7.05 Å². The highest BCUT2D eigenvalue weighted by Crippen LogP contribution is 2.40. The number of hydrogen-bond acceptors (Lipinski definition) is 2. The monoisotopic (exact) mass is 314 g/mol. The lowest BCUT2D eigenvalue weighted by molar-refractivity contribution is 0.329. The van der Waals surface area contributed by atoms with E-state index in [1.807, 2.05) is 18.3 Å². The molecule has 0 amide bonds. The van der Waals surface area contributed by atoms with Crippen LogP contribution in [-0.4, -0.2) is 26.1 Å². The maximum Gasteiger partial charge on any atom is 0.170 e.